The van der Waals surface area contributed by atoms with Crippen LogP contribution in [0, 0.1) is 0 Å². The van der Waals surface area contributed by atoms with Crippen LogP contribution < -0.4 is 0 Å². The number of hydrogen-bond donors (Lipinski definition) is 0. The molecule has 0 amide bonds. The molecule has 0 saturated carbocycles. The normalized spacial score (nSPS) is 24.0. The minimum Gasteiger partial charge on any atom is -0.375 e. The average Bonchev–Trinajstić information content (AvgIpc) is 2.71. The zero-order valence-corrected chi connectivity index (χ0v) is 10.1. The Kier molecular flexibility index (Phi) is 2.36. The van der Waals surface area contributed by atoms with Gasteiger partial charge in [0.15, 0.2) is 5.65 Å². The molecule has 0 N–H and O–H groups in total. The highest BCUT2D eigenvalue weighted by atomic mass is 16.5. The van der Waals surface area contributed by atoms with Crippen LogP contribution in [0.5, 0.6) is 0 Å². The van der Waals surface area contributed by atoms with Crippen molar-refractivity contribution in [2.24, 2.45) is 0 Å². The number of aromatic nitrogens is 4. The Morgan fingerprint density at radius 1 is 1.35 bits per heavy atom. The molecule has 1 saturated heterocycles. The van der Waals surface area contributed by atoms with Crippen molar-refractivity contribution in [3.8, 4) is 0 Å². The van der Waals surface area contributed by atoms with Crippen LogP contribution in [0.4, 0.5) is 0 Å². The minimum atomic E-state index is -0.0676. The third kappa shape index (κ3) is 2.02. The average molecular weight is 232 g/mol. The van der Waals surface area contributed by atoms with Gasteiger partial charge in [0, 0.05) is 19.0 Å². The van der Waals surface area contributed by atoms with Crippen LogP contribution in [-0.2, 0) is 4.74 Å². The minimum absolute atomic E-state index is 0.0676. The summed E-state index contributed by atoms with van der Waals surface area (Å²) in [6.07, 6.45) is 7.32. The molecule has 1 aliphatic rings. The largest absolute Gasteiger partial charge is 0.375 e. The Morgan fingerprint density at radius 2 is 2.18 bits per heavy atom. The molecule has 5 heteroatoms. The highest BCUT2D eigenvalue weighted by Crippen LogP contribution is 2.31. The molecule has 3 heterocycles. The van der Waals surface area contributed by atoms with Crippen LogP contribution in [-0.4, -0.2) is 32.0 Å². The van der Waals surface area contributed by atoms with E-state index in [1.54, 1.807) is 12.4 Å². The lowest BCUT2D eigenvalue weighted by molar-refractivity contribution is -0.0707. The van der Waals surface area contributed by atoms with Gasteiger partial charge in [0.05, 0.1) is 17.8 Å². The summed E-state index contributed by atoms with van der Waals surface area (Å²) >= 11 is 0. The van der Waals surface area contributed by atoms with Crippen LogP contribution in [0.3, 0.4) is 0 Å². The molecule has 0 radical (unpaired) electrons. The Bertz CT molecular complexity index is 501. The number of rotatable bonds is 1. The van der Waals surface area contributed by atoms with Gasteiger partial charge in [-0.1, -0.05) is 0 Å². The molecule has 1 unspecified atom stereocenters. The molecule has 1 aliphatic heterocycles. The van der Waals surface area contributed by atoms with Crippen molar-refractivity contribution in [1.82, 2.24) is 19.7 Å². The predicted molar refractivity (Wildman–Crippen MR) is 63.6 cm³/mol. The summed E-state index contributed by atoms with van der Waals surface area (Å²) in [4.78, 5) is 8.46. The maximum atomic E-state index is 5.72. The fourth-order valence-electron chi connectivity index (χ4n) is 2.39. The predicted octanol–water partition coefficient (Wildman–Crippen LogP) is 1.96. The summed E-state index contributed by atoms with van der Waals surface area (Å²) in [6.45, 7) is 5.03. The van der Waals surface area contributed by atoms with E-state index in [4.69, 9.17) is 4.74 Å². The third-order valence-corrected chi connectivity index (χ3v) is 3.22. The monoisotopic (exact) mass is 232 g/mol. The van der Waals surface area contributed by atoms with Gasteiger partial charge in [-0.3, -0.25) is 4.68 Å². The zero-order chi connectivity index (χ0) is 11.9. The van der Waals surface area contributed by atoms with E-state index in [-0.39, 0.29) is 5.60 Å². The SMILES string of the molecule is CC1(C)CC(n2cc3nccnc3n2)CCO1. The second-order valence-electron chi connectivity index (χ2n) is 5.13. The van der Waals surface area contributed by atoms with Crippen molar-refractivity contribution < 1.29 is 4.74 Å². The van der Waals surface area contributed by atoms with Crippen molar-refractivity contribution in [2.75, 3.05) is 6.61 Å². The lowest BCUT2D eigenvalue weighted by Gasteiger charge is -2.35. The first-order valence-corrected chi connectivity index (χ1v) is 5.94. The van der Waals surface area contributed by atoms with Gasteiger partial charge in [0.25, 0.3) is 0 Å². The van der Waals surface area contributed by atoms with Gasteiger partial charge in [-0.05, 0) is 26.7 Å². The van der Waals surface area contributed by atoms with Crippen LogP contribution >= 0.6 is 0 Å². The lowest BCUT2D eigenvalue weighted by Crippen LogP contribution is -2.35. The maximum absolute atomic E-state index is 5.72. The maximum Gasteiger partial charge on any atom is 0.199 e. The molecule has 17 heavy (non-hydrogen) atoms. The molecule has 0 aliphatic carbocycles. The summed E-state index contributed by atoms with van der Waals surface area (Å²) in [5, 5.41) is 4.49. The Morgan fingerprint density at radius 3 is 2.94 bits per heavy atom. The fourth-order valence-corrected chi connectivity index (χ4v) is 2.39. The van der Waals surface area contributed by atoms with E-state index < -0.39 is 0 Å². The van der Waals surface area contributed by atoms with Gasteiger partial charge in [0.1, 0.15) is 5.52 Å². The smallest absolute Gasteiger partial charge is 0.199 e. The molecule has 3 rings (SSSR count). The van der Waals surface area contributed by atoms with E-state index in [2.05, 4.69) is 28.9 Å². The van der Waals surface area contributed by atoms with Crippen LogP contribution in [0.25, 0.3) is 11.2 Å². The third-order valence-electron chi connectivity index (χ3n) is 3.22. The molecule has 0 aromatic carbocycles. The molecule has 2 aromatic heterocycles. The van der Waals surface area contributed by atoms with Crippen molar-refractivity contribution in [3.05, 3.63) is 18.6 Å². The van der Waals surface area contributed by atoms with Gasteiger partial charge in [-0.15, -0.1) is 0 Å². The first-order valence-electron chi connectivity index (χ1n) is 5.94. The Balaban J connectivity index is 1.93. The summed E-state index contributed by atoms with van der Waals surface area (Å²) in [6, 6.07) is 0.384. The topological polar surface area (TPSA) is 52.8 Å². The lowest BCUT2D eigenvalue weighted by atomic mass is 9.94. The highest BCUT2D eigenvalue weighted by Gasteiger charge is 2.30. The number of nitrogens with zero attached hydrogens (tertiary/aromatic N) is 4. The standard InChI is InChI=1S/C12H16N4O/c1-12(2)7-9(3-6-17-12)16-8-10-11(15-16)14-5-4-13-10/h4-5,8-9H,3,6-7H2,1-2H3. The van der Waals surface area contributed by atoms with E-state index in [0.29, 0.717) is 6.04 Å². The highest BCUT2D eigenvalue weighted by molar-refractivity contribution is 5.67. The number of fused-ring (bicyclic) bond motifs is 1. The van der Waals surface area contributed by atoms with Gasteiger partial charge in [-0.25, -0.2) is 9.97 Å². The summed E-state index contributed by atoms with van der Waals surface area (Å²) in [7, 11) is 0. The van der Waals surface area contributed by atoms with Gasteiger partial charge in [0.2, 0.25) is 0 Å². The van der Waals surface area contributed by atoms with Crippen LogP contribution in [0.2, 0.25) is 0 Å². The summed E-state index contributed by atoms with van der Waals surface area (Å²) in [5.74, 6) is 0. The quantitative estimate of drug-likeness (QED) is 0.754. The molecule has 0 bridgehead atoms. The Labute approximate surface area is 99.8 Å². The van der Waals surface area contributed by atoms with Crippen LogP contribution in [0.15, 0.2) is 18.6 Å². The fraction of sp³-hybridized carbons (Fsp3) is 0.583. The van der Waals surface area contributed by atoms with Gasteiger partial charge in [-0.2, -0.15) is 5.10 Å². The van der Waals surface area contributed by atoms with Crippen molar-refractivity contribution in [2.45, 2.75) is 38.3 Å². The molecular formula is C12H16N4O. The number of hydrogen-bond acceptors (Lipinski definition) is 4. The van der Waals surface area contributed by atoms with E-state index in [0.717, 1.165) is 30.6 Å². The second-order valence-corrected chi connectivity index (χ2v) is 5.13. The first-order chi connectivity index (χ1) is 8.14. The molecule has 0 spiro atoms. The zero-order valence-electron chi connectivity index (χ0n) is 10.1. The van der Waals surface area contributed by atoms with Crippen molar-refractivity contribution >= 4 is 11.2 Å². The van der Waals surface area contributed by atoms with Crippen molar-refractivity contribution in [1.29, 1.82) is 0 Å². The molecule has 1 atom stereocenters. The molecular weight excluding hydrogens is 216 g/mol. The van der Waals surface area contributed by atoms with Gasteiger partial charge < -0.3 is 4.74 Å². The molecule has 1 fully saturated rings. The summed E-state index contributed by atoms with van der Waals surface area (Å²) < 4.78 is 7.71. The van der Waals surface area contributed by atoms with Gasteiger partial charge >= 0.3 is 0 Å². The van der Waals surface area contributed by atoms with Crippen LogP contribution in [0.1, 0.15) is 32.7 Å². The van der Waals surface area contributed by atoms with E-state index >= 15 is 0 Å². The van der Waals surface area contributed by atoms with E-state index in [1.807, 2.05) is 10.9 Å². The Hall–Kier alpha value is -1.49. The van der Waals surface area contributed by atoms with E-state index in [9.17, 15) is 0 Å². The van der Waals surface area contributed by atoms with Crippen molar-refractivity contribution in [3.63, 3.8) is 0 Å². The molecule has 2 aromatic rings. The molecule has 5 nitrogen and oxygen atoms in total. The second kappa shape index (κ2) is 3.77. The number of ether oxygens (including phenoxy) is 1. The molecule has 90 valence electrons. The summed E-state index contributed by atoms with van der Waals surface area (Å²) in [5.41, 5.74) is 1.51. The first kappa shape index (κ1) is 10.7. The van der Waals surface area contributed by atoms with E-state index in [1.165, 1.54) is 0 Å².